The van der Waals surface area contributed by atoms with Crippen LogP contribution in [0.2, 0.25) is 0 Å². The first-order chi connectivity index (χ1) is 10.2. The first-order valence-corrected chi connectivity index (χ1v) is 7.32. The average molecular weight is 347 g/mol. The molecule has 1 aliphatic rings. The minimum absolute atomic E-state index is 0. The van der Waals surface area contributed by atoms with Crippen molar-refractivity contribution in [2.75, 3.05) is 20.2 Å². The summed E-state index contributed by atoms with van der Waals surface area (Å²) in [5.41, 5.74) is 6.30. The number of ether oxygens (including phenoxy) is 1. The lowest BCUT2D eigenvalue weighted by Crippen LogP contribution is -2.33. The molecule has 1 amide bonds. The minimum Gasteiger partial charge on any atom is -0.479 e. The first-order valence-electron chi connectivity index (χ1n) is 7.32. The van der Waals surface area contributed by atoms with Crippen LogP contribution >= 0.6 is 12.4 Å². The highest BCUT2D eigenvalue weighted by molar-refractivity contribution is 5.90. The van der Waals surface area contributed by atoms with E-state index in [1.807, 2.05) is 0 Å². The molecule has 130 valence electrons. The fourth-order valence-corrected chi connectivity index (χ4v) is 2.80. The van der Waals surface area contributed by atoms with Crippen LogP contribution in [0.3, 0.4) is 0 Å². The van der Waals surface area contributed by atoms with Crippen LogP contribution in [-0.2, 0) is 0 Å². The molecule has 0 aromatic carbocycles. The zero-order valence-corrected chi connectivity index (χ0v) is 14.7. The topological polar surface area (TPSA) is 81.3 Å². The van der Waals surface area contributed by atoms with Crippen molar-refractivity contribution >= 4 is 18.3 Å². The number of carbonyl (C=O) groups excluding carboxylic acids is 1. The van der Waals surface area contributed by atoms with Gasteiger partial charge in [-0.2, -0.15) is 9.37 Å². The lowest BCUT2D eigenvalue weighted by molar-refractivity contribution is 0.0769. The van der Waals surface area contributed by atoms with Gasteiger partial charge in [0.05, 0.1) is 13.3 Å². The summed E-state index contributed by atoms with van der Waals surface area (Å²) in [5.74, 6) is -1.09. The highest BCUT2D eigenvalue weighted by Gasteiger charge is 2.36. The second kappa shape index (κ2) is 7.40. The highest BCUT2D eigenvalue weighted by Crippen LogP contribution is 2.30. The van der Waals surface area contributed by atoms with Crippen LogP contribution < -0.4 is 10.5 Å². The van der Waals surface area contributed by atoms with Gasteiger partial charge in [-0.05, 0) is 17.8 Å². The molecule has 0 unspecified atom stereocenters. The van der Waals surface area contributed by atoms with E-state index >= 15 is 0 Å². The molecule has 2 atom stereocenters. The quantitative estimate of drug-likeness (QED) is 0.903. The van der Waals surface area contributed by atoms with Gasteiger partial charge in [-0.1, -0.05) is 20.8 Å². The molecule has 0 bridgehead atoms. The summed E-state index contributed by atoms with van der Waals surface area (Å²) in [6.45, 7) is 7.48. The largest absolute Gasteiger partial charge is 0.479 e. The van der Waals surface area contributed by atoms with Gasteiger partial charge in [0.2, 0.25) is 11.6 Å². The summed E-state index contributed by atoms with van der Waals surface area (Å²) >= 11 is 0. The monoisotopic (exact) mass is 346 g/mol. The smallest absolute Gasteiger partial charge is 0.291 e. The van der Waals surface area contributed by atoms with Crippen molar-refractivity contribution in [2.24, 2.45) is 17.1 Å². The molecule has 1 aliphatic heterocycles. The Hall–Kier alpha value is -1.47. The van der Waals surface area contributed by atoms with Gasteiger partial charge in [0.15, 0.2) is 0 Å². The molecule has 0 aliphatic carbocycles. The maximum atomic E-state index is 13.3. The number of rotatable bonds is 3. The summed E-state index contributed by atoms with van der Waals surface area (Å²) in [5, 5.41) is 0. The molecule has 0 radical (unpaired) electrons. The summed E-state index contributed by atoms with van der Waals surface area (Å²) in [6, 6.07) is -0.0643. The molecule has 23 heavy (non-hydrogen) atoms. The third kappa shape index (κ3) is 4.75. The predicted octanol–water partition coefficient (Wildman–Crippen LogP) is 1.88. The Balaban J connectivity index is 0.00000264. The molecular weight excluding hydrogens is 323 g/mol. The summed E-state index contributed by atoms with van der Waals surface area (Å²) in [6.07, 6.45) is 1.88. The molecule has 8 heteroatoms. The molecule has 6 nitrogen and oxygen atoms in total. The number of aromatic nitrogens is 2. The SMILES string of the molecule is COc1nc(C(=O)N2C[C@@H](CC(C)(C)C)[C@H](N)C2)ncc1F.Cl. The summed E-state index contributed by atoms with van der Waals surface area (Å²) < 4.78 is 18.1. The molecule has 1 aromatic heterocycles. The molecule has 1 saturated heterocycles. The normalized spacial score (nSPS) is 21.0. The summed E-state index contributed by atoms with van der Waals surface area (Å²) in [7, 11) is 1.30. The van der Waals surface area contributed by atoms with E-state index in [9.17, 15) is 9.18 Å². The predicted molar refractivity (Wildman–Crippen MR) is 87.2 cm³/mol. The van der Waals surface area contributed by atoms with Gasteiger partial charge in [0, 0.05) is 19.1 Å². The van der Waals surface area contributed by atoms with E-state index in [-0.39, 0.29) is 47.4 Å². The molecule has 1 aromatic rings. The van der Waals surface area contributed by atoms with Gasteiger partial charge < -0.3 is 15.4 Å². The van der Waals surface area contributed by atoms with Crippen LogP contribution in [0.5, 0.6) is 5.88 Å². The third-order valence-corrected chi connectivity index (χ3v) is 3.75. The maximum absolute atomic E-state index is 13.3. The van der Waals surface area contributed by atoms with Crippen LogP contribution in [-0.4, -0.2) is 47.0 Å². The third-order valence-electron chi connectivity index (χ3n) is 3.75. The number of halogens is 2. The highest BCUT2D eigenvalue weighted by atomic mass is 35.5. The Morgan fingerprint density at radius 2 is 2.13 bits per heavy atom. The molecular formula is C15H24ClFN4O2. The van der Waals surface area contributed by atoms with Crippen molar-refractivity contribution in [3.05, 3.63) is 17.8 Å². The Morgan fingerprint density at radius 1 is 1.48 bits per heavy atom. The van der Waals surface area contributed by atoms with Crippen LogP contribution in [0.25, 0.3) is 0 Å². The molecule has 2 heterocycles. The van der Waals surface area contributed by atoms with Gasteiger partial charge in [0.1, 0.15) is 0 Å². The zero-order chi connectivity index (χ0) is 16.5. The Morgan fingerprint density at radius 3 is 2.70 bits per heavy atom. The van der Waals surface area contributed by atoms with Crippen molar-refractivity contribution < 1.29 is 13.9 Å². The molecule has 2 N–H and O–H groups in total. The second-order valence-corrected chi connectivity index (χ2v) is 6.95. The van der Waals surface area contributed by atoms with Crippen molar-refractivity contribution in [3.8, 4) is 5.88 Å². The second-order valence-electron chi connectivity index (χ2n) is 6.95. The summed E-state index contributed by atoms with van der Waals surface area (Å²) in [4.78, 5) is 21.7. The Bertz CT molecular complexity index is 565. The van der Waals surface area contributed by atoms with Crippen molar-refractivity contribution in [2.45, 2.75) is 33.2 Å². The van der Waals surface area contributed by atoms with Crippen LogP contribution in [0.1, 0.15) is 37.8 Å². The number of amides is 1. The van der Waals surface area contributed by atoms with Gasteiger partial charge in [-0.3, -0.25) is 4.79 Å². The van der Waals surface area contributed by atoms with E-state index in [2.05, 4.69) is 30.7 Å². The molecule has 0 spiro atoms. The minimum atomic E-state index is -0.692. The standard InChI is InChI=1S/C15H23FN4O2.ClH/c1-15(2,3)5-9-7-20(8-11(9)17)14(21)12-18-6-10(16)13(19-12)22-4;/h6,9,11H,5,7-8,17H2,1-4H3;1H/t9-,11-;/m1./s1. The number of hydrogen-bond donors (Lipinski definition) is 1. The first kappa shape index (κ1) is 19.6. The Kier molecular flexibility index (Phi) is 6.30. The number of methoxy groups -OCH3 is 1. The van der Waals surface area contributed by atoms with E-state index in [0.717, 1.165) is 12.6 Å². The number of nitrogens with zero attached hydrogens (tertiary/aromatic N) is 3. The van der Waals surface area contributed by atoms with Gasteiger partial charge in [0.25, 0.3) is 11.8 Å². The fourth-order valence-electron chi connectivity index (χ4n) is 2.80. The van der Waals surface area contributed by atoms with E-state index < -0.39 is 5.82 Å². The van der Waals surface area contributed by atoms with Crippen LogP contribution in [0.4, 0.5) is 4.39 Å². The number of nitrogens with two attached hydrogens (primary N) is 1. The van der Waals surface area contributed by atoms with E-state index in [0.29, 0.717) is 13.1 Å². The van der Waals surface area contributed by atoms with Crippen LogP contribution in [0.15, 0.2) is 6.20 Å². The number of hydrogen-bond acceptors (Lipinski definition) is 5. The van der Waals surface area contributed by atoms with Crippen molar-refractivity contribution in [1.82, 2.24) is 14.9 Å². The Labute approximate surface area is 142 Å². The lowest BCUT2D eigenvalue weighted by Gasteiger charge is -2.24. The van der Waals surface area contributed by atoms with Crippen molar-refractivity contribution in [1.29, 1.82) is 0 Å². The van der Waals surface area contributed by atoms with Gasteiger partial charge >= 0.3 is 0 Å². The zero-order valence-electron chi connectivity index (χ0n) is 13.9. The van der Waals surface area contributed by atoms with Crippen LogP contribution in [0, 0.1) is 17.2 Å². The molecule has 2 rings (SSSR count). The fraction of sp³-hybridized carbons (Fsp3) is 0.667. The van der Waals surface area contributed by atoms with E-state index in [1.165, 1.54) is 7.11 Å². The van der Waals surface area contributed by atoms with Gasteiger partial charge in [-0.25, -0.2) is 4.98 Å². The van der Waals surface area contributed by atoms with Crippen molar-refractivity contribution in [3.63, 3.8) is 0 Å². The number of carbonyl (C=O) groups is 1. The van der Waals surface area contributed by atoms with Gasteiger partial charge in [-0.15, -0.1) is 12.4 Å². The number of likely N-dealkylation sites (tertiary alicyclic amines) is 1. The molecule has 1 fully saturated rings. The van der Waals surface area contributed by atoms with E-state index in [4.69, 9.17) is 10.5 Å². The average Bonchev–Trinajstić information content (AvgIpc) is 2.78. The maximum Gasteiger partial charge on any atom is 0.291 e. The lowest BCUT2D eigenvalue weighted by atomic mass is 9.83. The van der Waals surface area contributed by atoms with E-state index in [1.54, 1.807) is 4.90 Å². The molecule has 0 saturated carbocycles.